The second kappa shape index (κ2) is 2.48. The largest absolute Gasteiger partial charge is 0.281 e. The summed E-state index contributed by atoms with van der Waals surface area (Å²) in [7, 11) is 0. The molecule has 2 fully saturated rings. The molecule has 0 aromatic heterocycles. The van der Waals surface area contributed by atoms with Gasteiger partial charge in [0, 0.05) is 24.8 Å². The molecule has 0 aliphatic carbocycles. The summed E-state index contributed by atoms with van der Waals surface area (Å²) in [6.07, 6.45) is 1.38. The molecule has 2 bridgehead atoms. The molecular formula is C6H12N2S. The maximum Gasteiger partial charge on any atom is 0.0521 e. The molecule has 2 nitrogen and oxygen atoms in total. The van der Waals surface area contributed by atoms with Crippen LogP contribution in [0.3, 0.4) is 0 Å². The summed E-state index contributed by atoms with van der Waals surface area (Å²) < 4.78 is 0. The molecule has 2 aliphatic heterocycles. The van der Waals surface area contributed by atoms with Crippen LogP contribution >= 0.6 is 11.8 Å². The first-order valence-electron chi connectivity index (χ1n) is 3.47. The summed E-state index contributed by atoms with van der Waals surface area (Å²) in [6.45, 7) is 3.88. The Morgan fingerprint density at radius 1 is 1.00 bits per heavy atom. The van der Waals surface area contributed by atoms with Crippen LogP contribution < -0.4 is 0 Å². The van der Waals surface area contributed by atoms with Crippen molar-refractivity contribution < 1.29 is 0 Å². The first-order chi connectivity index (χ1) is 4.45. The van der Waals surface area contributed by atoms with Gasteiger partial charge in [0.25, 0.3) is 0 Å². The van der Waals surface area contributed by atoms with Gasteiger partial charge in [-0.1, -0.05) is 0 Å². The minimum atomic E-state index is 1.23. The summed E-state index contributed by atoms with van der Waals surface area (Å²) in [4.78, 5) is 5.02. The lowest BCUT2D eigenvalue weighted by atomic mass is 10.3. The quantitative estimate of drug-likeness (QED) is 0.492. The number of hydrogen-bond acceptors (Lipinski definition) is 3. The molecule has 2 unspecified atom stereocenters. The van der Waals surface area contributed by atoms with Crippen molar-refractivity contribution in [2.75, 3.05) is 31.5 Å². The van der Waals surface area contributed by atoms with Gasteiger partial charge in [0.2, 0.25) is 0 Å². The van der Waals surface area contributed by atoms with E-state index in [0.717, 1.165) is 0 Å². The second-order valence-corrected chi connectivity index (χ2v) is 3.67. The molecule has 2 aliphatic rings. The van der Waals surface area contributed by atoms with Gasteiger partial charge in [0.05, 0.1) is 6.67 Å². The van der Waals surface area contributed by atoms with E-state index < -0.39 is 0 Å². The van der Waals surface area contributed by atoms with E-state index >= 15 is 0 Å². The molecular weight excluding hydrogens is 132 g/mol. The van der Waals surface area contributed by atoms with Crippen LogP contribution in [0.2, 0.25) is 0 Å². The third-order valence-electron chi connectivity index (χ3n) is 1.90. The highest BCUT2D eigenvalue weighted by atomic mass is 32.2. The van der Waals surface area contributed by atoms with Crippen LogP contribution in [0, 0.1) is 0 Å². The van der Waals surface area contributed by atoms with Crippen molar-refractivity contribution in [3.8, 4) is 0 Å². The molecule has 2 saturated heterocycles. The van der Waals surface area contributed by atoms with E-state index in [1.807, 2.05) is 11.8 Å². The van der Waals surface area contributed by atoms with Crippen LogP contribution in [0.4, 0.5) is 0 Å². The minimum absolute atomic E-state index is 1.23. The summed E-state index contributed by atoms with van der Waals surface area (Å²) in [5.74, 6) is 2.52. The lowest BCUT2D eigenvalue weighted by molar-refractivity contribution is 0.110. The van der Waals surface area contributed by atoms with E-state index in [0.29, 0.717) is 0 Å². The highest BCUT2D eigenvalue weighted by molar-refractivity contribution is 7.99. The van der Waals surface area contributed by atoms with Crippen molar-refractivity contribution in [3.05, 3.63) is 0 Å². The average molecular weight is 144 g/mol. The summed E-state index contributed by atoms with van der Waals surface area (Å²) in [5, 5.41) is 0. The molecule has 0 saturated carbocycles. The van der Waals surface area contributed by atoms with Gasteiger partial charge in [0.1, 0.15) is 0 Å². The van der Waals surface area contributed by atoms with Crippen molar-refractivity contribution in [1.29, 1.82) is 0 Å². The van der Waals surface area contributed by atoms with Crippen molar-refractivity contribution >= 4 is 11.8 Å². The standard InChI is InChI=1S/C6H12N2S/c1-2-7-4-8(3-1)6-9-5-7/h1-6H2. The summed E-state index contributed by atoms with van der Waals surface area (Å²) in [6, 6.07) is 0. The molecule has 0 amide bonds. The molecule has 2 heterocycles. The zero-order chi connectivity index (χ0) is 6.10. The van der Waals surface area contributed by atoms with E-state index in [1.54, 1.807) is 0 Å². The smallest absolute Gasteiger partial charge is 0.0521 e. The fourth-order valence-corrected chi connectivity index (χ4v) is 2.47. The number of fused-ring (bicyclic) bond motifs is 2. The molecule has 0 spiro atoms. The highest BCUT2D eigenvalue weighted by Crippen LogP contribution is 2.18. The Morgan fingerprint density at radius 2 is 1.67 bits per heavy atom. The van der Waals surface area contributed by atoms with Crippen molar-refractivity contribution in [3.63, 3.8) is 0 Å². The fraction of sp³-hybridized carbons (Fsp3) is 1.00. The molecule has 0 radical (unpaired) electrons. The molecule has 2 atom stereocenters. The van der Waals surface area contributed by atoms with Gasteiger partial charge in [-0.05, 0) is 6.42 Å². The van der Waals surface area contributed by atoms with Crippen LogP contribution in [-0.4, -0.2) is 41.3 Å². The van der Waals surface area contributed by atoms with Gasteiger partial charge in [-0.25, -0.2) is 0 Å². The van der Waals surface area contributed by atoms with Crippen molar-refractivity contribution in [2.24, 2.45) is 0 Å². The molecule has 3 heteroatoms. The first-order valence-corrected chi connectivity index (χ1v) is 4.63. The number of thioether (sulfide) groups is 1. The highest BCUT2D eigenvalue weighted by Gasteiger charge is 2.20. The Bertz CT molecular complexity index is 87.2. The first kappa shape index (κ1) is 6.01. The predicted molar refractivity (Wildman–Crippen MR) is 40.2 cm³/mol. The molecule has 2 rings (SSSR count). The van der Waals surface area contributed by atoms with E-state index in [4.69, 9.17) is 0 Å². The third-order valence-corrected chi connectivity index (χ3v) is 2.99. The lowest BCUT2D eigenvalue weighted by Gasteiger charge is -2.39. The Kier molecular flexibility index (Phi) is 1.66. The van der Waals surface area contributed by atoms with Crippen LogP contribution in [0.25, 0.3) is 0 Å². The van der Waals surface area contributed by atoms with Crippen LogP contribution in [0.5, 0.6) is 0 Å². The van der Waals surface area contributed by atoms with Gasteiger partial charge < -0.3 is 0 Å². The van der Waals surface area contributed by atoms with E-state index in [-0.39, 0.29) is 0 Å². The van der Waals surface area contributed by atoms with Crippen LogP contribution in [0.15, 0.2) is 0 Å². The van der Waals surface area contributed by atoms with Crippen molar-refractivity contribution in [1.82, 2.24) is 9.80 Å². The Morgan fingerprint density at radius 3 is 2.22 bits per heavy atom. The maximum atomic E-state index is 2.51. The Balaban J connectivity index is 1.96. The van der Waals surface area contributed by atoms with Crippen LogP contribution in [-0.2, 0) is 0 Å². The lowest BCUT2D eigenvalue weighted by Crippen LogP contribution is -2.47. The van der Waals surface area contributed by atoms with Gasteiger partial charge in [0.15, 0.2) is 0 Å². The maximum absolute atomic E-state index is 2.51. The number of rotatable bonds is 0. The van der Waals surface area contributed by atoms with Crippen molar-refractivity contribution in [2.45, 2.75) is 6.42 Å². The van der Waals surface area contributed by atoms with Gasteiger partial charge >= 0.3 is 0 Å². The monoisotopic (exact) mass is 144 g/mol. The second-order valence-electron chi connectivity index (χ2n) is 2.75. The molecule has 0 N–H and O–H groups in total. The SMILES string of the molecule is C1CN2CSCN(C1)C2. The fourth-order valence-electron chi connectivity index (χ4n) is 1.45. The normalized spacial score (nSPS) is 42.7. The zero-order valence-corrected chi connectivity index (χ0v) is 6.36. The van der Waals surface area contributed by atoms with E-state index in [2.05, 4.69) is 9.80 Å². The number of nitrogens with zero attached hydrogens (tertiary/aromatic N) is 2. The van der Waals surface area contributed by atoms with Gasteiger partial charge in [-0.15, -0.1) is 11.8 Å². The predicted octanol–water partition coefficient (Wildman–Crippen LogP) is 0.613. The Labute approximate surface area is 60.2 Å². The molecule has 9 heavy (non-hydrogen) atoms. The van der Waals surface area contributed by atoms with E-state index in [1.165, 1.54) is 37.9 Å². The van der Waals surface area contributed by atoms with Gasteiger partial charge in [-0.3, -0.25) is 9.80 Å². The molecule has 52 valence electrons. The Hall–Kier alpha value is 0.270. The summed E-state index contributed by atoms with van der Waals surface area (Å²) >= 11 is 2.04. The average Bonchev–Trinajstić information content (AvgIpc) is 1.88. The van der Waals surface area contributed by atoms with Crippen LogP contribution in [0.1, 0.15) is 6.42 Å². The van der Waals surface area contributed by atoms with E-state index in [9.17, 15) is 0 Å². The zero-order valence-electron chi connectivity index (χ0n) is 5.55. The third kappa shape index (κ3) is 1.23. The number of hydrogen-bond donors (Lipinski definition) is 0. The molecule has 0 aromatic carbocycles. The summed E-state index contributed by atoms with van der Waals surface area (Å²) in [5.41, 5.74) is 0. The minimum Gasteiger partial charge on any atom is -0.281 e. The topological polar surface area (TPSA) is 6.48 Å². The van der Waals surface area contributed by atoms with Gasteiger partial charge in [-0.2, -0.15) is 0 Å². The molecule has 0 aromatic rings.